The fourth-order valence-corrected chi connectivity index (χ4v) is 3.35. The summed E-state index contributed by atoms with van der Waals surface area (Å²) in [5.74, 6) is 4.27. The molecule has 0 saturated carbocycles. The summed E-state index contributed by atoms with van der Waals surface area (Å²) in [6.45, 7) is 0.332. The van der Waals surface area contributed by atoms with Crippen molar-refractivity contribution in [2.75, 3.05) is 0 Å². The third-order valence-electron chi connectivity index (χ3n) is 3.37. The van der Waals surface area contributed by atoms with Gasteiger partial charge in [-0.05, 0) is 22.8 Å². The maximum absolute atomic E-state index is 11.1. The largest absolute Gasteiger partial charge is 0.478 e. The van der Waals surface area contributed by atoms with Crippen molar-refractivity contribution < 1.29 is 14.7 Å². The Kier molecular flexibility index (Phi) is 3.70. The van der Waals surface area contributed by atoms with Crippen LogP contribution in [0, 0.1) is 0 Å². The predicted octanol–water partition coefficient (Wildman–Crippen LogP) is 3.66. The van der Waals surface area contributed by atoms with Crippen LogP contribution in [-0.4, -0.2) is 11.1 Å². The van der Waals surface area contributed by atoms with Gasteiger partial charge in [-0.25, -0.2) is 10.7 Å². The number of aromatic carboxylic acids is 1. The standard InChI is InChI=1S/C16H13NO3S/c17-20-8-11-3-1-2-4-12(11)10-5-6-13-14(16(18)19)9-21-15(13)7-10/h1-7,9H,8,17H2,(H,18,19). The zero-order valence-electron chi connectivity index (χ0n) is 11.1. The maximum Gasteiger partial charge on any atom is 0.337 e. The number of carbonyl (C=O) groups is 1. The van der Waals surface area contributed by atoms with E-state index < -0.39 is 5.97 Å². The molecule has 0 saturated heterocycles. The molecule has 3 N–H and O–H groups in total. The van der Waals surface area contributed by atoms with Gasteiger partial charge in [-0.1, -0.05) is 36.4 Å². The molecule has 0 aliphatic heterocycles. The van der Waals surface area contributed by atoms with E-state index in [1.165, 1.54) is 11.3 Å². The highest BCUT2D eigenvalue weighted by molar-refractivity contribution is 7.17. The van der Waals surface area contributed by atoms with Gasteiger partial charge >= 0.3 is 5.97 Å². The second kappa shape index (κ2) is 5.65. The Balaban J connectivity index is 2.12. The van der Waals surface area contributed by atoms with E-state index in [1.54, 1.807) is 5.38 Å². The molecule has 1 heterocycles. The molecular formula is C16H13NO3S. The lowest BCUT2D eigenvalue weighted by atomic mass is 9.99. The second-order valence-corrected chi connectivity index (χ2v) is 5.54. The minimum Gasteiger partial charge on any atom is -0.478 e. The summed E-state index contributed by atoms with van der Waals surface area (Å²) in [4.78, 5) is 15.9. The molecule has 2 aromatic carbocycles. The van der Waals surface area contributed by atoms with E-state index in [0.29, 0.717) is 12.2 Å². The molecule has 0 spiro atoms. The van der Waals surface area contributed by atoms with Crippen molar-refractivity contribution in [3.8, 4) is 11.1 Å². The van der Waals surface area contributed by atoms with Gasteiger partial charge in [-0.3, -0.25) is 4.84 Å². The number of fused-ring (bicyclic) bond motifs is 1. The molecule has 3 rings (SSSR count). The highest BCUT2D eigenvalue weighted by atomic mass is 32.1. The quantitative estimate of drug-likeness (QED) is 0.721. The molecule has 0 fully saturated rings. The van der Waals surface area contributed by atoms with Gasteiger partial charge in [0.1, 0.15) is 0 Å². The summed E-state index contributed by atoms with van der Waals surface area (Å²) in [5, 5.41) is 11.6. The summed E-state index contributed by atoms with van der Waals surface area (Å²) >= 11 is 1.43. The van der Waals surface area contributed by atoms with E-state index in [0.717, 1.165) is 26.8 Å². The van der Waals surface area contributed by atoms with E-state index in [4.69, 9.17) is 15.8 Å². The van der Waals surface area contributed by atoms with Crippen molar-refractivity contribution in [1.82, 2.24) is 0 Å². The first-order valence-corrected chi connectivity index (χ1v) is 7.23. The molecule has 21 heavy (non-hydrogen) atoms. The highest BCUT2D eigenvalue weighted by Gasteiger charge is 2.12. The Morgan fingerprint density at radius 1 is 1.24 bits per heavy atom. The molecule has 0 aliphatic carbocycles. The number of nitrogens with two attached hydrogens (primary N) is 1. The molecule has 5 heteroatoms. The van der Waals surface area contributed by atoms with Crippen LogP contribution in [0.4, 0.5) is 0 Å². The fourth-order valence-electron chi connectivity index (χ4n) is 2.38. The molecule has 0 amide bonds. The van der Waals surface area contributed by atoms with Gasteiger partial charge in [0.25, 0.3) is 0 Å². The Morgan fingerprint density at radius 3 is 2.81 bits per heavy atom. The number of rotatable bonds is 4. The first-order chi connectivity index (χ1) is 10.2. The molecule has 0 bridgehead atoms. The Labute approximate surface area is 125 Å². The van der Waals surface area contributed by atoms with Crippen molar-refractivity contribution in [2.45, 2.75) is 6.61 Å². The number of benzene rings is 2. The summed E-state index contributed by atoms with van der Waals surface area (Å²) in [5.41, 5.74) is 3.40. The SMILES string of the molecule is NOCc1ccccc1-c1ccc2c(C(=O)O)csc2c1. The van der Waals surface area contributed by atoms with Crippen molar-refractivity contribution >= 4 is 27.4 Å². The number of hydrogen-bond acceptors (Lipinski definition) is 4. The molecule has 3 aromatic rings. The Morgan fingerprint density at radius 2 is 2.05 bits per heavy atom. The van der Waals surface area contributed by atoms with Gasteiger partial charge in [0.05, 0.1) is 12.2 Å². The molecular weight excluding hydrogens is 286 g/mol. The zero-order chi connectivity index (χ0) is 14.8. The molecule has 106 valence electrons. The summed E-state index contributed by atoms with van der Waals surface area (Å²) in [6, 6.07) is 13.6. The Bertz CT molecular complexity index is 810. The van der Waals surface area contributed by atoms with Crippen LogP contribution in [0.3, 0.4) is 0 Å². The van der Waals surface area contributed by atoms with E-state index >= 15 is 0 Å². The monoisotopic (exact) mass is 299 g/mol. The molecule has 1 aromatic heterocycles. The van der Waals surface area contributed by atoms with Crippen molar-refractivity contribution in [1.29, 1.82) is 0 Å². The number of thiophene rings is 1. The lowest BCUT2D eigenvalue weighted by molar-refractivity contribution is 0.0699. The third kappa shape index (κ3) is 2.54. The van der Waals surface area contributed by atoms with Crippen LogP contribution in [-0.2, 0) is 11.4 Å². The molecule has 4 nitrogen and oxygen atoms in total. The molecule has 0 radical (unpaired) electrons. The van der Waals surface area contributed by atoms with Gasteiger partial charge in [-0.2, -0.15) is 0 Å². The maximum atomic E-state index is 11.1. The van der Waals surface area contributed by atoms with Crippen LogP contribution in [0.1, 0.15) is 15.9 Å². The van der Waals surface area contributed by atoms with Crippen LogP contribution < -0.4 is 5.90 Å². The van der Waals surface area contributed by atoms with E-state index in [2.05, 4.69) is 0 Å². The topological polar surface area (TPSA) is 72.5 Å². The highest BCUT2D eigenvalue weighted by Crippen LogP contribution is 2.32. The van der Waals surface area contributed by atoms with Crippen LogP contribution in [0.25, 0.3) is 21.2 Å². The molecule has 0 unspecified atom stereocenters. The van der Waals surface area contributed by atoms with Gasteiger partial charge < -0.3 is 5.11 Å². The van der Waals surface area contributed by atoms with Gasteiger partial charge in [0.15, 0.2) is 0 Å². The predicted molar refractivity (Wildman–Crippen MR) is 83.2 cm³/mol. The zero-order valence-corrected chi connectivity index (χ0v) is 11.9. The molecule has 0 aliphatic rings. The van der Waals surface area contributed by atoms with Gasteiger partial charge in [0.2, 0.25) is 0 Å². The van der Waals surface area contributed by atoms with Crippen LogP contribution in [0.2, 0.25) is 0 Å². The minimum atomic E-state index is -0.897. The third-order valence-corrected chi connectivity index (χ3v) is 4.32. The van der Waals surface area contributed by atoms with Crippen LogP contribution in [0.15, 0.2) is 47.8 Å². The Hall–Kier alpha value is -2.21. The second-order valence-electron chi connectivity index (χ2n) is 4.63. The minimum absolute atomic E-state index is 0.332. The lowest BCUT2D eigenvalue weighted by Crippen LogP contribution is -2.00. The lowest BCUT2D eigenvalue weighted by Gasteiger charge is -2.08. The summed E-state index contributed by atoms with van der Waals surface area (Å²) < 4.78 is 0.952. The van der Waals surface area contributed by atoms with Crippen molar-refractivity contribution in [3.63, 3.8) is 0 Å². The first kappa shape index (κ1) is 13.8. The number of carboxylic acids is 1. The summed E-state index contributed by atoms with van der Waals surface area (Å²) in [6.07, 6.45) is 0. The van der Waals surface area contributed by atoms with Gasteiger partial charge in [0, 0.05) is 15.5 Å². The van der Waals surface area contributed by atoms with Crippen LogP contribution >= 0.6 is 11.3 Å². The average molecular weight is 299 g/mol. The number of carboxylic acid groups (broad SMARTS) is 1. The van der Waals surface area contributed by atoms with Crippen molar-refractivity contribution in [3.05, 3.63) is 59.0 Å². The van der Waals surface area contributed by atoms with Crippen molar-refractivity contribution in [2.24, 2.45) is 5.90 Å². The van der Waals surface area contributed by atoms with E-state index in [1.807, 2.05) is 42.5 Å². The smallest absolute Gasteiger partial charge is 0.337 e. The number of hydrogen-bond donors (Lipinski definition) is 2. The normalized spacial score (nSPS) is 10.9. The average Bonchev–Trinajstić information content (AvgIpc) is 2.91. The fraction of sp³-hybridized carbons (Fsp3) is 0.0625. The summed E-state index contributed by atoms with van der Waals surface area (Å²) in [7, 11) is 0. The first-order valence-electron chi connectivity index (χ1n) is 6.35. The van der Waals surface area contributed by atoms with Gasteiger partial charge in [-0.15, -0.1) is 11.3 Å². The van der Waals surface area contributed by atoms with E-state index in [-0.39, 0.29) is 0 Å². The van der Waals surface area contributed by atoms with E-state index in [9.17, 15) is 4.79 Å². The van der Waals surface area contributed by atoms with Crippen LogP contribution in [0.5, 0.6) is 0 Å². The molecule has 0 atom stereocenters.